The molecule has 0 unspecified atom stereocenters. The molecule has 0 aromatic heterocycles. The lowest BCUT2D eigenvalue weighted by molar-refractivity contribution is -0.121. The van der Waals surface area contributed by atoms with Crippen LogP contribution < -0.4 is 5.32 Å². The lowest BCUT2D eigenvalue weighted by Gasteiger charge is -2.05. The lowest BCUT2D eigenvalue weighted by Crippen LogP contribution is -2.25. The molecule has 4 nitrogen and oxygen atoms in total. The summed E-state index contributed by atoms with van der Waals surface area (Å²) in [7, 11) is 1.56. The standard InChI is InChI=1S/C13H18ClNO3S/c1-2-3-4-13(16)15-10-9-11-5-7-12(8-6-11)19(14,17)18/h5-8H,2-4,9-10H2,1H3,(H,15,16). The molecule has 1 N–H and O–H groups in total. The minimum absolute atomic E-state index is 0.0572. The average Bonchev–Trinajstić information content (AvgIpc) is 2.36. The van der Waals surface area contributed by atoms with Crippen molar-refractivity contribution in [2.45, 2.75) is 37.5 Å². The first-order valence-corrected chi connectivity index (χ1v) is 8.54. The van der Waals surface area contributed by atoms with Crippen molar-refractivity contribution in [3.8, 4) is 0 Å². The van der Waals surface area contributed by atoms with Crippen molar-refractivity contribution in [2.75, 3.05) is 6.54 Å². The number of halogens is 1. The highest BCUT2D eigenvalue weighted by Gasteiger charge is 2.08. The van der Waals surface area contributed by atoms with Crippen LogP contribution in [0.3, 0.4) is 0 Å². The Bertz CT molecular complexity index is 511. The van der Waals surface area contributed by atoms with E-state index in [0.717, 1.165) is 18.4 Å². The van der Waals surface area contributed by atoms with Gasteiger partial charge in [0.1, 0.15) is 0 Å². The average molecular weight is 304 g/mol. The molecular weight excluding hydrogens is 286 g/mol. The smallest absolute Gasteiger partial charge is 0.261 e. The number of carbonyl (C=O) groups excluding carboxylic acids is 1. The Kier molecular flexibility index (Phi) is 6.31. The van der Waals surface area contributed by atoms with E-state index in [9.17, 15) is 13.2 Å². The molecule has 106 valence electrons. The highest BCUT2D eigenvalue weighted by Crippen LogP contribution is 2.15. The monoisotopic (exact) mass is 303 g/mol. The van der Waals surface area contributed by atoms with Crippen molar-refractivity contribution in [2.24, 2.45) is 0 Å². The van der Waals surface area contributed by atoms with Crippen molar-refractivity contribution >= 4 is 25.6 Å². The summed E-state index contributed by atoms with van der Waals surface area (Å²) >= 11 is 0. The second-order valence-corrected chi connectivity index (χ2v) is 6.85. The third-order valence-electron chi connectivity index (χ3n) is 2.70. The maximum absolute atomic E-state index is 11.4. The SMILES string of the molecule is CCCCC(=O)NCCc1ccc(S(=O)(=O)Cl)cc1. The Morgan fingerprint density at radius 2 is 1.89 bits per heavy atom. The minimum Gasteiger partial charge on any atom is -0.356 e. The second-order valence-electron chi connectivity index (χ2n) is 4.29. The fourth-order valence-corrected chi connectivity index (χ4v) is 2.36. The molecule has 0 aliphatic heterocycles. The van der Waals surface area contributed by atoms with E-state index in [2.05, 4.69) is 5.32 Å². The molecule has 0 spiro atoms. The number of hydrogen-bond acceptors (Lipinski definition) is 3. The van der Waals surface area contributed by atoms with Gasteiger partial charge in [-0.2, -0.15) is 0 Å². The molecule has 0 saturated heterocycles. The molecule has 0 radical (unpaired) electrons. The summed E-state index contributed by atoms with van der Waals surface area (Å²) < 4.78 is 22.1. The van der Waals surface area contributed by atoms with E-state index >= 15 is 0 Å². The fourth-order valence-electron chi connectivity index (χ4n) is 1.59. The topological polar surface area (TPSA) is 63.2 Å². The molecule has 0 bridgehead atoms. The lowest BCUT2D eigenvalue weighted by atomic mass is 10.1. The van der Waals surface area contributed by atoms with Crippen LogP contribution in [0.25, 0.3) is 0 Å². The van der Waals surface area contributed by atoms with Gasteiger partial charge in [-0.05, 0) is 30.5 Å². The molecule has 0 atom stereocenters. The number of unbranched alkanes of at least 4 members (excludes halogenated alkanes) is 1. The Labute approximate surface area is 118 Å². The highest BCUT2D eigenvalue weighted by molar-refractivity contribution is 8.13. The minimum atomic E-state index is -3.66. The van der Waals surface area contributed by atoms with Gasteiger partial charge in [0.15, 0.2) is 0 Å². The molecule has 1 rings (SSSR count). The van der Waals surface area contributed by atoms with Crippen molar-refractivity contribution in [1.82, 2.24) is 5.32 Å². The third kappa shape index (κ3) is 6.07. The molecule has 1 aromatic rings. The van der Waals surface area contributed by atoms with Crippen LogP contribution in [0.15, 0.2) is 29.2 Å². The molecule has 0 fully saturated rings. The van der Waals surface area contributed by atoms with Gasteiger partial charge in [0.2, 0.25) is 5.91 Å². The van der Waals surface area contributed by atoms with Crippen LogP contribution >= 0.6 is 10.7 Å². The summed E-state index contributed by atoms with van der Waals surface area (Å²) in [5.74, 6) is 0.0572. The van der Waals surface area contributed by atoms with Crippen LogP contribution in [-0.2, 0) is 20.3 Å². The summed E-state index contributed by atoms with van der Waals surface area (Å²) in [5.41, 5.74) is 0.958. The summed E-state index contributed by atoms with van der Waals surface area (Å²) in [5, 5.41) is 2.83. The van der Waals surface area contributed by atoms with E-state index < -0.39 is 9.05 Å². The summed E-state index contributed by atoms with van der Waals surface area (Å²) in [6.45, 7) is 2.59. The van der Waals surface area contributed by atoms with Gasteiger partial charge in [-0.15, -0.1) is 0 Å². The first kappa shape index (κ1) is 16.0. The van der Waals surface area contributed by atoms with Gasteiger partial charge in [-0.3, -0.25) is 4.79 Å². The van der Waals surface area contributed by atoms with Crippen LogP contribution in [0.2, 0.25) is 0 Å². The number of rotatable bonds is 7. The van der Waals surface area contributed by atoms with Crippen molar-refractivity contribution in [3.63, 3.8) is 0 Å². The zero-order valence-corrected chi connectivity index (χ0v) is 12.4. The predicted octanol–water partition coefficient (Wildman–Crippen LogP) is 2.46. The number of amides is 1. The van der Waals surface area contributed by atoms with Gasteiger partial charge in [-0.1, -0.05) is 25.5 Å². The molecular formula is C13H18ClNO3S. The summed E-state index contributed by atoms with van der Waals surface area (Å²) in [4.78, 5) is 11.5. The largest absolute Gasteiger partial charge is 0.356 e. The van der Waals surface area contributed by atoms with Crippen molar-refractivity contribution in [3.05, 3.63) is 29.8 Å². The Morgan fingerprint density at radius 3 is 2.42 bits per heavy atom. The maximum Gasteiger partial charge on any atom is 0.261 e. The van der Waals surface area contributed by atoms with E-state index in [1.807, 2.05) is 6.92 Å². The normalized spacial score (nSPS) is 11.3. The zero-order valence-electron chi connectivity index (χ0n) is 10.9. The van der Waals surface area contributed by atoms with Gasteiger partial charge in [0, 0.05) is 23.6 Å². The number of benzene rings is 1. The quantitative estimate of drug-likeness (QED) is 0.787. The van der Waals surface area contributed by atoms with E-state index in [4.69, 9.17) is 10.7 Å². The van der Waals surface area contributed by atoms with Gasteiger partial charge < -0.3 is 5.32 Å². The molecule has 0 aliphatic rings. The van der Waals surface area contributed by atoms with Gasteiger partial charge in [0.25, 0.3) is 9.05 Å². The summed E-state index contributed by atoms with van der Waals surface area (Å²) in [6.07, 6.45) is 3.12. The van der Waals surface area contributed by atoms with E-state index in [-0.39, 0.29) is 10.8 Å². The molecule has 0 heterocycles. The van der Waals surface area contributed by atoms with Crippen LogP contribution in [0, 0.1) is 0 Å². The molecule has 1 aromatic carbocycles. The van der Waals surface area contributed by atoms with E-state index in [1.165, 1.54) is 12.1 Å². The van der Waals surface area contributed by atoms with E-state index in [0.29, 0.717) is 19.4 Å². The van der Waals surface area contributed by atoms with Gasteiger partial charge in [0.05, 0.1) is 4.90 Å². The highest BCUT2D eigenvalue weighted by atomic mass is 35.7. The third-order valence-corrected chi connectivity index (χ3v) is 4.07. The second kappa shape index (κ2) is 7.50. The summed E-state index contributed by atoms with van der Waals surface area (Å²) in [6, 6.07) is 6.34. The number of carbonyl (C=O) groups is 1. The Hall–Kier alpha value is -1.07. The maximum atomic E-state index is 11.4. The fraction of sp³-hybridized carbons (Fsp3) is 0.462. The van der Waals surface area contributed by atoms with Crippen LogP contribution in [-0.4, -0.2) is 20.9 Å². The first-order valence-electron chi connectivity index (χ1n) is 6.24. The van der Waals surface area contributed by atoms with Crippen LogP contribution in [0.1, 0.15) is 31.7 Å². The molecule has 0 aliphatic carbocycles. The first-order chi connectivity index (χ1) is 8.93. The molecule has 19 heavy (non-hydrogen) atoms. The van der Waals surface area contributed by atoms with Gasteiger partial charge in [-0.25, -0.2) is 8.42 Å². The Morgan fingerprint density at radius 1 is 1.26 bits per heavy atom. The van der Waals surface area contributed by atoms with Crippen LogP contribution in [0.5, 0.6) is 0 Å². The zero-order chi connectivity index (χ0) is 14.3. The van der Waals surface area contributed by atoms with Crippen molar-refractivity contribution in [1.29, 1.82) is 0 Å². The van der Waals surface area contributed by atoms with Crippen molar-refractivity contribution < 1.29 is 13.2 Å². The van der Waals surface area contributed by atoms with Crippen LogP contribution in [0.4, 0.5) is 0 Å². The predicted molar refractivity (Wildman–Crippen MR) is 75.7 cm³/mol. The Balaban J connectivity index is 2.40. The van der Waals surface area contributed by atoms with Gasteiger partial charge >= 0.3 is 0 Å². The molecule has 0 saturated carbocycles. The number of nitrogens with one attached hydrogen (secondary N) is 1. The molecule has 6 heteroatoms. The van der Waals surface area contributed by atoms with E-state index in [1.54, 1.807) is 12.1 Å². The number of hydrogen-bond donors (Lipinski definition) is 1. The molecule has 1 amide bonds.